The number of nitrogens with zero attached hydrogens (tertiary/aromatic N) is 3. The number of fused-ring (bicyclic) bond motifs is 1. The Bertz CT molecular complexity index is 3010. The van der Waals surface area contributed by atoms with Crippen LogP contribution in [0.2, 0.25) is 0 Å². The van der Waals surface area contributed by atoms with E-state index in [-0.39, 0.29) is 22.3 Å². The monoisotopic (exact) mass is 685 g/mol. The lowest BCUT2D eigenvalue weighted by atomic mass is 9.83. The maximum absolute atomic E-state index is 11.2. The third-order valence-electron chi connectivity index (χ3n) is 9.26. The van der Waals surface area contributed by atoms with E-state index >= 15 is 0 Å². The van der Waals surface area contributed by atoms with Gasteiger partial charge >= 0.3 is 0 Å². The van der Waals surface area contributed by atoms with E-state index < -0.39 is 43.4 Å². The van der Waals surface area contributed by atoms with E-state index in [1.54, 1.807) is 42.5 Å². The van der Waals surface area contributed by atoms with Gasteiger partial charge in [-0.25, -0.2) is 4.98 Å². The Hall–Kier alpha value is -6.26. The van der Waals surface area contributed by atoms with Crippen LogP contribution in [0.25, 0.3) is 72.7 Å². The summed E-state index contributed by atoms with van der Waals surface area (Å²) in [5.74, 6) is 0.404. The Morgan fingerprint density at radius 3 is 2.17 bits per heavy atom. The largest absolute Gasteiger partial charge is 0.507 e. The Labute approximate surface area is 319 Å². The molecule has 0 unspecified atom stereocenters. The lowest BCUT2D eigenvalue weighted by molar-refractivity contribution is 0.477. The molecule has 0 aliphatic rings. The zero-order valence-corrected chi connectivity index (χ0v) is 28.9. The number of pyridine rings is 1. The van der Waals surface area contributed by atoms with Crippen molar-refractivity contribution in [3.05, 3.63) is 168 Å². The van der Waals surface area contributed by atoms with Crippen LogP contribution in [0.3, 0.4) is 0 Å². The summed E-state index contributed by atoms with van der Waals surface area (Å²) in [6.45, 7) is 0.975. The van der Waals surface area contributed by atoms with E-state index in [0.29, 0.717) is 50.5 Å². The first-order valence-corrected chi connectivity index (χ1v) is 17.0. The molecule has 0 aliphatic heterocycles. The highest BCUT2D eigenvalue weighted by Gasteiger charge is 2.22. The topological polar surface area (TPSA) is 50.9 Å². The van der Waals surface area contributed by atoms with Gasteiger partial charge in [-0.2, -0.15) is 0 Å². The third-order valence-corrected chi connectivity index (χ3v) is 9.26. The standard InChI is InChI=1S/C48H41N3O/c1-31-18-20-33(21-19-31)35-24-25-49-43(30-35)37-27-36(28-38(29-37)48(3,4)5)41-15-11-16-44-46(41)50-47(42-14-9-10-17-45(42)52)51(44)39-22-23-40(32(2)26-39)34-12-7-6-8-13-34/h6-30,52H,1-5H3/i1D3,2D3,18D,19D,20D,21D. The lowest BCUT2D eigenvalue weighted by Gasteiger charge is -2.22. The molecular formula is C48H41N3O. The zero-order valence-electron chi connectivity index (χ0n) is 38.9. The summed E-state index contributed by atoms with van der Waals surface area (Å²) < 4.78 is 85.5. The number of hydrogen-bond acceptors (Lipinski definition) is 3. The molecule has 4 heteroatoms. The van der Waals surface area contributed by atoms with Gasteiger partial charge in [0, 0.05) is 31.2 Å². The summed E-state index contributed by atoms with van der Waals surface area (Å²) in [5.41, 5.74) is 6.76. The normalized spacial score (nSPS) is 14.9. The van der Waals surface area contributed by atoms with Gasteiger partial charge < -0.3 is 5.11 Å². The van der Waals surface area contributed by atoms with Crippen molar-refractivity contribution in [3.8, 4) is 67.5 Å². The lowest BCUT2D eigenvalue weighted by Crippen LogP contribution is -2.11. The van der Waals surface area contributed by atoms with Crippen molar-refractivity contribution in [1.29, 1.82) is 0 Å². The summed E-state index contributed by atoms with van der Waals surface area (Å²) in [6.07, 6.45) is 1.52. The number of imidazole rings is 1. The second-order valence-corrected chi connectivity index (χ2v) is 13.8. The SMILES string of the molecule is [2H]c1c([2H])c(C([2H])([2H])[2H])c([2H])c([2H])c1-c1ccnc(-c2cc(-c3cccc4c3nc(-c3ccccc3O)n4-c3ccc(-c4ccccc4)c(C([2H])([2H])[2H])c3)cc(C(C)(C)C)c2)c1. The molecule has 0 saturated heterocycles. The Balaban J connectivity index is 1.35. The Morgan fingerprint density at radius 1 is 0.635 bits per heavy atom. The highest BCUT2D eigenvalue weighted by atomic mass is 16.3. The van der Waals surface area contributed by atoms with Crippen molar-refractivity contribution in [2.75, 3.05) is 0 Å². The highest BCUT2D eigenvalue weighted by Crippen LogP contribution is 2.40. The average Bonchev–Trinajstić information content (AvgIpc) is 3.62. The van der Waals surface area contributed by atoms with Crippen LogP contribution in [0, 0.1) is 13.7 Å². The number of phenols is 1. The van der Waals surface area contributed by atoms with Gasteiger partial charge in [-0.3, -0.25) is 9.55 Å². The predicted octanol–water partition coefficient (Wildman–Crippen LogP) is 12.4. The fraction of sp³-hybridized carbons (Fsp3) is 0.125. The third kappa shape index (κ3) is 6.18. The molecule has 0 radical (unpaired) electrons. The maximum atomic E-state index is 11.2. The Kier molecular flexibility index (Phi) is 5.87. The molecule has 0 bridgehead atoms. The molecule has 8 aromatic rings. The fourth-order valence-electron chi connectivity index (χ4n) is 6.54. The Morgan fingerprint density at radius 2 is 1.40 bits per heavy atom. The van der Waals surface area contributed by atoms with Crippen LogP contribution < -0.4 is 0 Å². The predicted molar refractivity (Wildman–Crippen MR) is 216 cm³/mol. The number of phenolic OH excluding ortho intramolecular Hbond substituents is 1. The summed E-state index contributed by atoms with van der Waals surface area (Å²) >= 11 is 0. The first-order chi connectivity index (χ1) is 29.2. The second kappa shape index (κ2) is 13.1. The minimum Gasteiger partial charge on any atom is -0.507 e. The van der Waals surface area contributed by atoms with Crippen LogP contribution in [0.1, 0.15) is 51.2 Å². The van der Waals surface area contributed by atoms with Gasteiger partial charge in [-0.15, -0.1) is 0 Å². The van der Waals surface area contributed by atoms with Crippen molar-refractivity contribution in [1.82, 2.24) is 14.5 Å². The van der Waals surface area contributed by atoms with Crippen LogP contribution in [-0.2, 0) is 5.41 Å². The quantitative estimate of drug-likeness (QED) is 0.190. The number of aryl methyl sites for hydroxylation is 1. The first kappa shape index (κ1) is 23.3. The summed E-state index contributed by atoms with van der Waals surface area (Å²) in [7, 11) is 0. The van der Waals surface area contributed by atoms with Gasteiger partial charge in [-0.05, 0) is 113 Å². The number of rotatable bonds is 6. The number of para-hydroxylation sites is 2. The minimum atomic E-state index is -2.83. The average molecular weight is 686 g/mol. The van der Waals surface area contributed by atoms with E-state index in [2.05, 4.69) is 31.8 Å². The van der Waals surface area contributed by atoms with Crippen molar-refractivity contribution in [2.24, 2.45) is 0 Å². The number of benzene rings is 6. The second-order valence-electron chi connectivity index (χ2n) is 13.8. The molecule has 0 amide bonds. The van der Waals surface area contributed by atoms with Gasteiger partial charge in [0.2, 0.25) is 0 Å². The first-order valence-electron chi connectivity index (χ1n) is 22.0. The number of aromatic hydroxyl groups is 1. The summed E-state index contributed by atoms with van der Waals surface area (Å²) in [6, 6.07) is 34.5. The van der Waals surface area contributed by atoms with Gasteiger partial charge in [0.15, 0.2) is 0 Å². The fourth-order valence-corrected chi connectivity index (χ4v) is 6.54. The van der Waals surface area contributed by atoms with E-state index in [1.807, 2.05) is 77.4 Å². The molecule has 2 heterocycles. The molecule has 1 N–H and O–H groups in total. The molecule has 6 aromatic carbocycles. The highest BCUT2D eigenvalue weighted by molar-refractivity contribution is 5.97. The zero-order chi connectivity index (χ0) is 44.5. The van der Waals surface area contributed by atoms with Crippen LogP contribution in [0.15, 0.2) is 152 Å². The molecule has 2 aromatic heterocycles. The van der Waals surface area contributed by atoms with Crippen LogP contribution >= 0.6 is 0 Å². The van der Waals surface area contributed by atoms with Crippen LogP contribution in [0.4, 0.5) is 0 Å². The van der Waals surface area contributed by atoms with Crippen molar-refractivity contribution >= 4 is 11.0 Å². The van der Waals surface area contributed by atoms with E-state index in [0.717, 1.165) is 22.3 Å². The van der Waals surface area contributed by atoms with Crippen molar-refractivity contribution < 1.29 is 18.8 Å². The van der Waals surface area contributed by atoms with Crippen LogP contribution in [0.5, 0.6) is 5.75 Å². The van der Waals surface area contributed by atoms with Crippen molar-refractivity contribution in [3.63, 3.8) is 0 Å². The van der Waals surface area contributed by atoms with Gasteiger partial charge in [-0.1, -0.05) is 117 Å². The van der Waals surface area contributed by atoms with Gasteiger partial charge in [0.05, 0.1) is 27.8 Å². The molecule has 0 spiro atoms. The van der Waals surface area contributed by atoms with E-state index in [4.69, 9.17) is 18.7 Å². The van der Waals surface area contributed by atoms with Gasteiger partial charge in [0.1, 0.15) is 11.6 Å². The number of hydrogen-bond donors (Lipinski definition) is 1. The molecule has 8 rings (SSSR count). The summed E-state index contributed by atoms with van der Waals surface area (Å²) in [5, 5.41) is 11.2. The molecule has 254 valence electrons. The van der Waals surface area contributed by atoms with Gasteiger partial charge in [0.25, 0.3) is 0 Å². The molecule has 52 heavy (non-hydrogen) atoms. The van der Waals surface area contributed by atoms with Crippen LogP contribution in [-0.4, -0.2) is 19.6 Å². The van der Waals surface area contributed by atoms with Crippen molar-refractivity contribution in [2.45, 2.75) is 39.9 Å². The molecule has 0 atom stereocenters. The van der Waals surface area contributed by atoms with E-state index in [9.17, 15) is 5.11 Å². The number of aromatic nitrogens is 3. The molecule has 0 aliphatic carbocycles. The molecular weight excluding hydrogens is 635 g/mol. The maximum Gasteiger partial charge on any atom is 0.149 e. The molecule has 4 nitrogen and oxygen atoms in total. The summed E-state index contributed by atoms with van der Waals surface area (Å²) in [4.78, 5) is 9.89. The smallest absolute Gasteiger partial charge is 0.149 e. The molecule has 0 fully saturated rings. The van der Waals surface area contributed by atoms with E-state index in [1.165, 1.54) is 6.20 Å². The molecule has 0 saturated carbocycles. The minimum absolute atomic E-state index is 0.000300.